The molecule has 0 saturated carbocycles. The third-order valence-electron chi connectivity index (χ3n) is 9.07. The Hall–Kier alpha value is -3.48. The van der Waals surface area contributed by atoms with Crippen LogP contribution in [0.1, 0.15) is 66.4 Å². The number of nitrogens with one attached hydrogen (secondary N) is 1. The van der Waals surface area contributed by atoms with Crippen molar-refractivity contribution in [3.63, 3.8) is 0 Å². The van der Waals surface area contributed by atoms with Crippen molar-refractivity contribution in [1.29, 1.82) is 0 Å². The Balaban J connectivity index is 1.42. The monoisotopic (exact) mass is 682 g/mol. The SMILES string of the molecule is CC(C)(C)OC(=O)N1CCCCC1C(=O)NC(Cc1ccc(-c2ccc3c(c2)sc(=O)n3CCO[Si](C)(C)C(C)(C)C)cc1)C(N)=O. The van der Waals surface area contributed by atoms with Gasteiger partial charge in [0.2, 0.25) is 11.8 Å². The number of primary amides is 1. The molecule has 2 heterocycles. The van der Waals surface area contributed by atoms with Crippen LogP contribution in [0.5, 0.6) is 0 Å². The Labute approximate surface area is 282 Å². The summed E-state index contributed by atoms with van der Waals surface area (Å²) >= 11 is 1.23. The zero-order valence-corrected chi connectivity index (χ0v) is 30.8. The molecular weight excluding hydrogens is 633 g/mol. The van der Waals surface area contributed by atoms with E-state index < -0.39 is 43.9 Å². The maximum absolute atomic E-state index is 13.3. The maximum atomic E-state index is 13.3. The minimum absolute atomic E-state index is 0.00619. The van der Waals surface area contributed by atoms with Crippen molar-refractivity contribution in [2.75, 3.05) is 13.2 Å². The maximum Gasteiger partial charge on any atom is 0.410 e. The van der Waals surface area contributed by atoms with E-state index in [2.05, 4.69) is 39.2 Å². The van der Waals surface area contributed by atoms with Crippen molar-refractivity contribution in [1.82, 2.24) is 14.8 Å². The summed E-state index contributed by atoms with van der Waals surface area (Å²) in [5, 5.41) is 2.89. The van der Waals surface area contributed by atoms with E-state index in [-0.39, 0.29) is 16.3 Å². The molecule has 0 bridgehead atoms. The molecular formula is C35H50N4O6SSi. The van der Waals surface area contributed by atoms with Crippen molar-refractivity contribution < 1.29 is 23.5 Å². The molecule has 2 aromatic carbocycles. The first-order valence-corrected chi connectivity index (χ1v) is 20.0. The summed E-state index contributed by atoms with van der Waals surface area (Å²) in [5.74, 6) is -1.07. The summed E-state index contributed by atoms with van der Waals surface area (Å²) in [6.07, 6.45) is 1.72. The lowest BCUT2D eigenvalue weighted by Gasteiger charge is -2.36. The van der Waals surface area contributed by atoms with E-state index in [0.717, 1.165) is 39.7 Å². The molecule has 10 nitrogen and oxygen atoms in total. The molecule has 1 aromatic heterocycles. The fourth-order valence-electron chi connectivity index (χ4n) is 5.37. The van der Waals surface area contributed by atoms with Gasteiger partial charge in [-0.15, -0.1) is 0 Å². The van der Waals surface area contributed by atoms with Crippen LogP contribution in [-0.4, -0.2) is 66.5 Å². The topological polar surface area (TPSA) is 133 Å². The van der Waals surface area contributed by atoms with Gasteiger partial charge in [0.15, 0.2) is 8.32 Å². The molecule has 1 aliphatic rings. The van der Waals surface area contributed by atoms with Crippen LogP contribution in [0.2, 0.25) is 18.1 Å². The van der Waals surface area contributed by atoms with Crippen molar-refractivity contribution in [3.8, 4) is 11.1 Å². The summed E-state index contributed by atoms with van der Waals surface area (Å²) in [6, 6.07) is 12.0. The second-order valence-electron chi connectivity index (χ2n) is 14.9. The van der Waals surface area contributed by atoms with Crippen molar-refractivity contribution in [2.24, 2.45) is 5.73 Å². The predicted octanol–water partition coefficient (Wildman–Crippen LogP) is 6.05. The third-order valence-corrected chi connectivity index (χ3v) is 14.6. The van der Waals surface area contributed by atoms with Crippen molar-refractivity contribution >= 4 is 47.8 Å². The van der Waals surface area contributed by atoms with Crippen LogP contribution in [-0.2, 0) is 31.7 Å². The van der Waals surface area contributed by atoms with Gasteiger partial charge < -0.3 is 20.2 Å². The zero-order chi connectivity index (χ0) is 34.7. The van der Waals surface area contributed by atoms with E-state index in [9.17, 15) is 19.2 Å². The first-order chi connectivity index (χ1) is 21.9. The fraction of sp³-hybridized carbons (Fsp3) is 0.543. The van der Waals surface area contributed by atoms with Gasteiger partial charge in [-0.25, -0.2) is 4.79 Å². The van der Waals surface area contributed by atoms with Crippen molar-refractivity contribution in [2.45, 2.75) is 110 Å². The molecule has 2 atom stereocenters. The lowest BCUT2D eigenvalue weighted by Crippen LogP contribution is -2.56. The first kappa shape index (κ1) is 36.4. The molecule has 0 spiro atoms. The Morgan fingerprint density at radius 3 is 2.30 bits per heavy atom. The Morgan fingerprint density at radius 2 is 1.68 bits per heavy atom. The summed E-state index contributed by atoms with van der Waals surface area (Å²) in [4.78, 5) is 52.8. The van der Waals surface area contributed by atoms with Crippen LogP contribution in [0.15, 0.2) is 47.3 Å². The van der Waals surface area contributed by atoms with Crippen LogP contribution >= 0.6 is 11.3 Å². The number of fused-ring (bicyclic) bond motifs is 1. The van der Waals surface area contributed by atoms with Gasteiger partial charge in [0, 0.05) is 19.5 Å². The second-order valence-corrected chi connectivity index (χ2v) is 20.7. The minimum Gasteiger partial charge on any atom is -0.444 e. The highest BCUT2D eigenvalue weighted by atomic mass is 32.1. The molecule has 4 rings (SSSR count). The average molecular weight is 683 g/mol. The summed E-state index contributed by atoms with van der Waals surface area (Å²) in [5.41, 5.74) is 8.66. The number of carbonyl (C=O) groups excluding carboxylic acids is 3. The number of ether oxygens (including phenoxy) is 1. The molecule has 0 radical (unpaired) electrons. The largest absolute Gasteiger partial charge is 0.444 e. The fourth-order valence-corrected chi connectivity index (χ4v) is 7.36. The number of piperidine rings is 1. The number of benzene rings is 2. The first-order valence-electron chi connectivity index (χ1n) is 16.3. The lowest BCUT2D eigenvalue weighted by atomic mass is 9.99. The molecule has 3 aromatic rings. The average Bonchev–Trinajstić information content (AvgIpc) is 3.29. The molecule has 1 fully saturated rings. The standard InChI is InChI=1S/C35H50N4O6SSi/c1-34(2,3)45-32(42)38-18-10-9-11-28(38)31(41)37-26(30(36)40)21-23-12-14-24(15-13-23)25-16-17-27-29(22-25)46-33(43)39(27)19-20-44-47(7,8)35(4,5)6/h12-17,22,26,28H,9-11,18-21H2,1-8H3,(H2,36,40)(H,37,41). The van der Waals surface area contributed by atoms with E-state index in [1.807, 2.05) is 42.5 Å². The quantitative estimate of drug-likeness (QED) is 0.250. The third kappa shape index (κ3) is 9.11. The predicted molar refractivity (Wildman–Crippen MR) is 190 cm³/mol. The van der Waals surface area contributed by atoms with Gasteiger partial charge in [0.05, 0.1) is 16.8 Å². The van der Waals surface area contributed by atoms with Crippen LogP contribution in [0, 0.1) is 0 Å². The number of hydrogen-bond acceptors (Lipinski definition) is 7. The summed E-state index contributed by atoms with van der Waals surface area (Å²) in [7, 11) is -1.91. The summed E-state index contributed by atoms with van der Waals surface area (Å²) < 4.78 is 14.5. The molecule has 2 unspecified atom stereocenters. The van der Waals surface area contributed by atoms with Gasteiger partial charge in [-0.3, -0.25) is 23.9 Å². The minimum atomic E-state index is -1.91. The van der Waals surface area contributed by atoms with E-state index in [0.29, 0.717) is 26.1 Å². The van der Waals surface area contributed by atoms with Gasteiger partial charge in [-0.2, -0.15) is 0 Å². The summed E-state index contributed by atoms with van der Waals surface area (Å²) in [6.45, 7) is 17.8. The van der Waals surface area contributed by atoms with Crippen LogP contribution in [0.25, 0.3) is 21.3 Å². The van der Waals surface area contributed by atoms with E-state index in [1.54, 1.807) is 25.3 Å². The molecule has 1 aliphatic heterocycles. The smallest absolute Gasteiger partial charge is 0.410 e. The van der Waals surface area contributed by atoms with Gasteiger partial charge >= 0.3 is 11.0 Å². The Morgan fingerprint density at radius 1 is 1.02 bits per heavy atom. The zero-order valence-electron chi connectivity index (χ0n) is 29.0. The number of nitrogens with two attached hydrogens (primary N) is 1. The van der Waals surface area contributed by atoms with E-state index in [1.165, 1.54) is 16.2 Å². The van der Waals surface area contributed by atoms with Gasteiger partial charge in [-0.05, 0) is 87.0 Å². The van der Waals surface area contributed by atoms with E-state index in [4.69, 9.17) is 14.9 Å². The highest BCUT2D eigenvalue weighted by molar-refractivity contribution is 7.16. The normalized spacial score (nSPS) is 16.6. The Kier molecular flexibility index (Phi) is 11.1. The number of amides is 3. The number of hydrogen-bond donors (Lipinski definition) is 2. The van der Waals surface area contributed by atoms with Crippen molar-refractivity contribution in [3.05, 3.63) is 57.7 Å². The highest BCUT2D eigenvalue weighted by Crippen LogP contribution is 2.36. The Bertz CT molecular complexity index is 1650. The molecule has 0 aliphatic carbocycles. The molecule has 3 amide bonds. The second kappa shape index (κ2) is 14.3. The number of aromatic nitrogens is 1. The molecule has 12 heteroatoms. The van der Waals surface area contributed by atoms with Gasteiger partial charge in [-0.1, -0.05) is 62.4 Å². The number of carbonyl (C=O) groups is 3. The van der Waals surface area contributed by atoms with Gasteiger partial charge in [0.25, 0.3) is 0 Å². The lowest BCUT2D eigenvalue weighted by molar-refractivity contribution is -0.131. The van der Waals surface area contributed by atoms with Crippen LogP contribution in [0.3, 0.4) is 0 Å². The van der Waals surface area contributed by atoms with Crippen LogP contribution in [0.4, 0.5) is 4.79 Å². The molecule has 3 N–H and O–H groups in total. The number of thiazole rings is 1. The van der Waals surface area contributed by atoms with Gasteiger partial charge in [0.1, 0.15) is 17.7 Å². The molecule has 47 heavy (non-hydrogen) atoms. The number of nitrogens with zero attached hydrogens (tertiary/aromatic N) is 2. The molecule has 1 saturated heterocycles. The van der Waals surface area contributed by atoms with E-state index >= 15 is 0 Å². The highest BCUT2D eigenvalue weighted by Gasteiger charge is 2.37. The van der Waals surface area contributed by atoms with Crippen LogP contribution < -0.4 is 15.9 Å². The molecule has 256 valence electrons. The number of rotatable bonds is 10. The number of likely N-dealkylation sites (tertiary alicyclic amines) is 1.